The summed E-state index contributed by atoms with van der Waals surface area (Å²) in [6.45, 7) is 0.851. The van der Waals surface area contributed by atoms with Crippen LogP contribution in [0.2, 0.25) is 0 Å². The highest BCUT2D eigenvalue weighted by atomic mass is 127. The van der Waals surface area contributed by atoms with Crippen molar-refractivity contribution in [1.29, 1.82) is 0 Å². The van der Waals surface area contributed by atoms with Crippen molar-refractivity contribution in [2.45, 2.75) is 50.2 Å². The Balaban J connectivity index is 1.53. The molecule has 1 aromatic carbocycles. The number of carbonyl (C=O) groups is 1. The molecule has 3 atom stereocenters. The fourth-order valence-corrected chi connectivity index (χ4v) is 5.71. The van der Waals surface area contributed by atoms with E-state index in [1.165, 1.54) is 6.07 Å². The highest BCUT2D eigenvalue weighted by molar-refractivity contribution is 14.1. The number of aromatic nitrogens is 1. The smallest absolute Gasteiger partial charge is 0.272 e. The highest BCUT2D eigenvalue weighted by Gasteiger charge is 2.53. The Hall–Kier alpha value is -1.74. The number of hydrogen-bond acceptors (Lipinski definition) is 3. The van der Waals surface area contributed by atoms with E-state index in [9.17, 15) is 14.0 Å². The lowest BCUT2D eigenvalue weighted by Gasteiger charge is -2.43. The van der Waals surface area contributed by atoms with Crippen LogP contribution in [0.15, 0.2) is 41.2 Å². The summed E-state index contributed by atoms with van der Waals surface area (Å²) >= 11 is 1.92. The van der Waals surface area contributed by atoms with Crippen LogP contribution in [-0.2, 0) is 16.9 Å². The number of pyridine rings is 1. The lowest BCUT2D eigenvalue weighted by molar-refractivity contribution is -0.0652. The molecule has 7 heteroatoms. The fourth-order valence-electron chi connectivity index (χ4n) is 4.97. The molecule has 5 rings (SSSR count). The van der Waals surface area contributed by atoms with Crippen LogP contribution in [0, 0.1) is 3.57 Å². The van der Waals surface area contributed by atoms with E-state index in [4.69, 9.17) is 4.74 Å². The van der Waals surface area contributed by atoms with E-state index in [-0.39, 0.29) is 17.6 Å². The average molecular weight is 494 g/mol. The van der Waals surface area contributed by atoms with Gasteiger partial charge in [-0.2, -0.15) is 0 Å². The number of nitrogens with zero attached hydrogens (tertiary/aromatic N) is 2. The fraction of sp³-hybridized carbons (Fsp3) is 0.429. The second-order valence-corrected chi connectivity index (χ2v) is 8.98. The van der Waals surface area contributed by atoms with Crippen LogP contribution in [0.5, 0.6) is 0 Å². The van der Waals surface area contributed by atoms with Gasteiger partial charge in [0.1, 0.15) is 18.1 Å². The monoisotopic (exact) mass is 494 g/mol. The Morgan fingerprint density at radius 2 is 2.04 bits per heavy atom. The van der Waals surface area contributed by atoms with Crippen molar-refractivity contribution in [1.82, 2.24) is 9.47 Å². The van der Waals surface area contributed by atoms with E-state index in [2.05, 4.69) is 0 Å². The van der Waals surface area contributed by atoms with Gasteiger partial charge in [-0.1, -0.05) is 30.3 Å². The third-order valence-corrected chi connectivity index (χ3v) is 7.28. The van der Waals surface area contributed by atoms with Crippen LogP contribution in [0.3, 0.4) is 0 Å². The normalized spacial score (nSPS) is 28.2. The topological polar surface area (TPSA) is 51.5 Å². The zero-order chi connectivity index (χ0) is 19.5. The minimum Gasteiger partial charge on any atom is -0.354 e. The van der Waals surface area contributed by atoms with Gasteiger partial charge in [-0.05, 0) is 47.4 Å². The van der Waals surface area contributed by atoms with Crippen LogP contribution < -0.4 is 5.43 Å². The zero-order valence-electron chi connectivity index (χ0n) is 15.2. The maximum absolute atomic E-state index is 15.0. The van der Waals surface area contributed by atoms with Crippen LogP contribution in [0.25, 0.3) is 0 Å². The van der Waals surface area contributed by atoms with Crippen molar-refractivity contribution in [2.75, 3.05) is 6.54 Å². The van der Waals surface area contributed by atoms with Gasteiger partial charge in [-0.25, -0.2) is 4.39 Å². The van der Waals surface area contributed by atoms with Gasteiger partial charge >= 0.3 is 0 Å². The largest absolute Gasteiger partial charge is 0.354 e. The van der Waals surface area contributed by atoms with Crippen LogP contribution in [-0.4, -0.2) is 28.1 Å². The van der Waals surface area contributed by atoms with Gasteiger partial charge in [0.25, 0.3) is 5.91 Å². The standard InChI is InChI=1S/C21H20FIN2O3/c22-14-10-21-8-4-7-17(28-11-13-5-2-1-3-6-13)24(12-21)20(27)15-9-16(26)18(23)19(14)25(15)21/h1-3,5-6,9,14,17H,4,7-8,10-12H2. The molecule has 1 spiro atoms. The molecular formula is C21H20FIN2O3. The van der Waals surface area contributed by atoms with E-state index in [1.807, 2.05) is 57.5 Å². The number of ether oxygens (including phenoxy) is 1. The molecule has 5 nitrogen and oxygen atoms in total. The molecule has 28 heavy (non-hydrogen) atoms. The third kappa shape index (κ3) is 2.66. The first-order valence-corrected chi connectivity index (χ1v) is 10.6. The molecule has 0 aliphatic carbocycles. The quantitative estimate of drug-likeness (QED) is 0.612. The summed E-state index contributed by atoms with van der Waals surface area (Å²) in [6, 6.07) is 11.2. The first-order chi connectivity index (χ1) is 13.5. The summed E-state index contributed by atoms with van der Waals surface area (Å²) in [5.41, 5.74) is 0.985. The Kier molecular flexibility index (Phi) is 4.35. The maximum Gasteiger partial charge on any atom is 0.272 e. The Morgan fingerprint density at radius 3 is 2.82 bits per heavy atom. The molecule has 4 heterocycles. The SMILES string of the molecule is O=C1c2cc(=O)c(I)c3n2C2(CCCC(OCc4ccccc4)N1C2)CC3F. The minimum absolute atomic E-state index is 0.237. The summed E-state index contributed by atoms with van der Waals surface area (Å²) in [7, 11) is 0. The molecule has 2 aromatic rings. The van der Waals surface area contributed by atoms with Gasteiger partial charge in [0.05, 0.1) is 21.4 Å². The number of fused-ring (bicyclic) bond motifs is 1. The summed E-state index contributed by atoms with van der Waals surface area (Å²) < 4.78 is 23.4. The molecule has 1 saturated heterocycles. The van der Waals surface area contributed by atoms with Gasteiger partial charge < -0.3 is 14.2 Å². The minimum atomic E-state index is -1.21. The second kappa shape index (κ2) is 6.66. The summed E-state index contributed by atoms with van der Waals surface area (Å²) in [4.78, 5) is 27.4. The molecular weight excluding hydrogens is 474 g/mol. The number of amides is 1. The molecule has 1 fully saturated rings. The molecule has 146 valence electrons. The van der Waals surface area contributed by atoms with Gasteiger partial charge in [-0.3, -0.25) is 9.59 Å². The van der Waals surface area contributed by atoms with Crippen molar-refractivity contribution in [2.24, 2.45) is 0 Å². The number of halogens is 2. The highest BCUT2D eigenvalue weighted by Crippen LogP contribution is 2.50. The number of hydrogen-bond donors (Lipinski definition) is 0. The predicted octanol–water partition coefficient (Wildman–Crippen LogP) is 3.75. The van der Waals surface area contributed by atoms with Gasteiger partial charge in [-0.15, -0.1) is 0 Å². The molecule has 0 radical (unpaired) electrons. The number of benzene rings is 1. The molecule has 0 N–H and O–H groups in total. The Labute approximate surface area is 175 Å². The molecule has 3 aliphatic heterocycles. The molecule has 0 saturated carbocycles. The van der Waals surface area contributed by atoms with Gasteiger partial charge in [0, 0.05) is 19.0 Å². The van der Waals surface area contributed by atoms with Gasteiger partial charge in [0.15, 0.2) is 5.43 Å². The van der Waals surface area contributed by atoms with Crippen molar-refractivity contribution in [3.05, 3.63) is 67.1 Å². The van der Waals surface area contributed by atoms with E-state index in [0.717, 1.165) is 18.4 Å². The van der Waals surface area contributed by atoms with Gasteiger partial charge in [0.2, 0.25) is 0 Å². The van der Waals surface area contributed by atoms with Crippen molar-refractivity contribution < 1.29 is 13.9 Å². The summed E-state index contributed by atoms with van der Waals surface area (Å²) in [5.74, 6) is -0.237. The summed E-state index contributed by atoms with van der Waals surface area (Å²) in [5, 5.41) is 0. The van der Waals surface area contributed by atoms with E-state index in [1.54, 1.807) is 4.90 Å². The number of alkyl halides is 1. The lowest BCUT2D eigenvalue weighted by Crippen LogP contribution is -2.55. The number of rotatable bonds is 3. The summed E-state index contributed by atoms with van der Waals surface area (Å²) in [6.07, 6.45) is 1.07. The predicted molar refractivity (Wildman–Crippen MR) is 110 cm³/mol. The second-order valence-electron chi connectivity index (χ2n) is 7.90. The molecule has 3 aliphatic rings. The van der Waals surface area contributed by atoms with Crippen molar-refractivity contribution >= 4 is 28.5 Å². The first-order valence-electron chi connectivity index (χ1n) is 9.57. The Bertz CT molecular complexity index is 1010. The molecule has 3 unspecified atom stereocenters. The van der Waals surface area contributed by atoms with Crippen LogP contribution >= 0.6 is 22.6 Å². The van der Waals surface area contributed by atoms with E-state index >= 15 is 0 Å². The Morgan fingerprint density at radius 1 is 1.25 bits per heavy atom. The lowest BCUT2D eigenvalue weighted by atomic mass is 9.89. The molecule has 1 amide bonds. The average Bonchev–Trinajstić information content (AvgIpc) is 2.87. The zero-order valence-corrected chi connectivity index (χ0v) is 17.4. The number of carbonyl (C=O) groups excluding carboxylic acids is 1. The third-order valence-electron chi connectivity index (χ3n) is 6.19. The first kappa shape index (κ1) is 18.3. The molecule has 1 aromatic heterocycles. The van der Waals surface area contributed by atoms with Crippen LogP contribution in [0.1, 0.15) is 53.6 Å². The van der Waals surface area contributed by atoms with E-state index in [0.29, 0.717) is 41.0 Å². The maximum atomic E-state index is 15.0. The van der Waals surface area contributed by atoms with Crippen LogP contribution in [0.4, 0.5) is 4.39 Å². The van der Waals surface area contributed by atoms with Crippen molar-refractivity contribution in [3.63, 3.8) is 0 Å². The molecule has 2 bridgehead atoms. The van der Waals surface area contributed by atoms with E-state index < -0.39 is 11.7 Å². The van der Waals surface area contributed by atoms with Crippen molar-refractivity contribution in [3.8, 4) is 0 Å².